The van der Waals surface area contributed by atoms with Crippen LogP contribution in [0.5, 0.6) is 0 Å². The van der Waals surface area contributed by atoms with Gasteiger partial charge < -0.3 is 14.6 Å². The van der Waals surface area contributed by atoms with Gasteiger partial charge in [-0.2, -0.15) is 0 Å². The molecule has 3 heteroatoms. The molecule has 0 aliphatic rings. The van der Waals surface area contributed by atoms with Crippen molar-refractivity contribution in [1.82, 2.24) is 4.90 Å². The molecule has 0 radical (unpaired) electrons. The molecule has 0 spiro atoms. The minimum atomic E-state index is 1.62. The van der Waals surface area contributed by atoms with E-state index in [0.29, 0.717) is 0 Å². The predicted octanol–water partition coefficient (Wildman–Crippen LogP) is 0.757. The lowest BCUT2D eigenvalue weighted by Crippen LogP contribution is -1.99. The van der Waals surface area contributed by atoms with Crippen LogP contribution in [0.15, 0.2) is 4.99 Å². The number of ether oxygens (including phenoxy) is 1. The third kappa shape index (κ3) is 1960. The Morgan fingerprint density at radius 1 is 1.20 bits per heavy atom. The van der Waals surface area contributed by atoms with Crippen molar-refractivity contribution < 1.29 is 4.74 Å². The average Bonchev–Trinajstić information content (AvgIpc) is 1.65. The van der Waals surface area contributed by atoms with E-state index in [-0.39, 0.29) is 0 Å². The monoisotopic (exact) mass is 148 g/mol. The summed E-state index contributed by atoms with van der Waals surface area (Å²) in [7, 11) is 10.9. The zero-order valence-corrected chi connectivity index (χ0v) is 8.01. The van der Waals surface area contributed by atoms with Crippen LogP contribution in [-0.2, 0) is 4.74 Å². The molecule has 0 aromatic heterocycles. The topological polar surface area (TPSA) is 24.8 Å². The maximum absolute atomic E-state index is 4.25. The average molecular weight is 148 g/mol. The molecule has 0 N–H and O–H groups in total. The first-order valence-electron chi connectivity index (χ1n) is 2.92. The van der Waals surface area contributed by atoms with Crippen LogP contribution in [0.1, 0.15) is 0 Å². The van der Waals surface area contributed by atoms with Gasteiger partial charge in [0.1, 0.15) is 0 Å². The number of hydrogen-bond donors (Lipinski definition) is 0. The second kappa shape index (κ2) is 23.5. The summed E-state index contributed by atoms with van der Waals surface area (Å²) in [5, 5.41) is 0. The molecule has 0 aromatic rings. The van der Waals surface area contributed by atoms with Crippen LogP contribution >= 0.6 is 0 Å². The molecule has 3 nitrogen and oxygen atoms in total. The van der Waals surface area contributed by atoms with Gasteiger partial charge in [-0.3, -0.25) is 0 Å². The Labute approximate surface area is 64.7 Å². The largest absolute Gasteiger partial charge is 0.388 e. The van der Waals surface area contributed by atoms with Gasteiger partial charge in [0.25, 0.3) is 0 Å². The van der Waals surface area contributed by atoms with E-state index >= 15 is 0 Å². The summed E-state index contributed by atoms with van der Waals surface area (Å²) in [5.41, 5.74) is 0. The summed E-state index contributed by atoms with van der Waals surface area (Å²) < 4.78 is 4.25. The number of methoxy groups -OCH3 is 1. The van der Waals surface area contributed by atoms with Crippen LogP contribution in [-0.4, -0.2) is 54.0 Å². The van der Waals surface area contributed by atoms with Crippen LogP contribution in [0, 0.1) is 0 Å². The molecule has 0 amide bonds. The van der Waals surface area contributed by atoms with Crippen molar-refractivity contribution in [3.05, 3.63) is 0 Å². The second-order valence-electron chi connectivity index (χ2n) is 2.07. The molecule has 0 saturated heterocycles. The highest BCUT2D eigenvalue weighted by Gasteiger charge is 1.58. The van der Waals surface area contributed by atoms with E-state index in [0.717, 1.165) is 0 Å². The second-order valence-corrected chi connectivity index (χ2v) is 2.07. The van der Waals surface area contributed by atoms with Crippen molar-refractivity contribution >= 4 is 6.72 Å². The van der Waals surface area contributed by atoms with Gasteiger partial charge in [0.2, 0.25) is 0 Å². The summed E-state index contributed by atoms with van der Waals surface area (Å²) in [4.78, 5) is 5.25. The highest BCUT2D eigenvalue weighted by atomic mass is 16.4. The fourth-order valence-corrected chi connectivity index (χ4v) is 0. The van der Waals surface area contributed by atoms with E-state index in [1.54, 1.807) is 21.3 Å². The van der Waals surface area contributed by atoms with Gasteiger partial charge in [-0.15, -0.1) is 0 Å². The summed E-state index contributed by atoms with van der Waals surface area (Å²) in [5.74, 6) is 0. The lowest BCUT2D eigenvalue weighted by atomic mass is 11.0. The van der Waals surface area contributed by atoms with E-state index in [9.17, 15) is 0 Å². The van der Waals surface area contributed by atoms with Gasteiger partial charge in [0, 0.05) is 21.3 Å². The van der Waals surface area contributed by atoms with Crippen molar-refractivity contribution in [2.75, 3.05) is 42.4 Å². The van der Waals surface area contributed by atoms with Gasteiger partial charge in [-0.05, 0) is 27.9 Å². The number of hydrogen-bond acceptors (Lipinski definition) is 3. The van der Waals surface area contributed by atoms with Crippen molar-refractivity contribution in [2.45, 2.75) is 0 Å². The highest BCUT2D eigenvalue weighted by molar-refractivity contribution is 5.22. The van der Waals surface area contributed by atoms with E-state index in [4.69, 9.17) is 0 Å². The van der Waals surface area contributed by atoms with Gasteiger partial charge in [-0.25, -0.2) is 0 Å². The molecular formula is C7H20N2O. The molecule has 10 heavy (non-hydrogen) atoms. The van der Waals surface area contributed by atoms with Crippen LogP contribution < -0.4 is 0 Å². The zero-order valence-electron chi connectivity index (χ0n) is 8.01. The summed E-state index contributed by atoms with van der Waals surface area (Å²) in [6.07, 6.45) is 0. The van der Waals surface area contributed by atoms with E-state index in [2.05, 4.69) is 16.4 Å². The van der Waals surface area contributed by atoms with Crippen molar-refractivity contribution in [2.24, 2.45) is 4.99 Å². The number of nitrogens with zero attached hydrogens (tertiary/aromatic N) is 2. The Hall–Kier alpha value is -0.410. The van der Waals surface area contributed by atoms with Crippen LogP contribution in [0.25, 0.3) is 0 Å². The van der Waals surface area contributed by atoms with Gasteiger partial charge in [-0.1, -0.05) is 0 Å². The minimum absolute atomic E-state index is 1.62. The maximum Gasteiger partial charge on any atom is 0.0351 e. The molecule has 0 rings (SSSR count). The minimum Gasteiger partial charge on any atom is -0.388 e. The highest BCUT2D eigenvalue weighted by Crippen LogP contribution is 1.47. The Morgan fingerprint density at radius 2 is 1.20 bits per heavy atom. The maximum atomic E-state index is 4.25. The quantitative estimate of drug-likeness (QED) is 0.474. The molecule has 0 fully saturated rings. The number of rotatable bonds is 0. The SMILES string of the molecule is C=NC.CN(C)C.COC. The van der Waals surface area contributed by atoms with Crippen molar-refractivity contribution in [3.63, 3.8) is 0 Å². The van der Waals surface area contributed by atoms with Gasteiger partial charge >= 0.3 is 0 Å². The standard InChI is InChI=1S/C3H9N.C2H5N.C2H6O/c1-4(2)3;2*1-3-2/h1-3H3;1H2,2H3;1-2H3. The number of aliphatic imine (C=N–C) groups is 1. The van der Waals surface area contributed by atoms with E-state index in [1.165, 1.54) is 0 Å². The molecule has 0 aliphatic carbocycles. The van der Waals surface area contributed by atoms with E-state index < -0.39 is 0 Å². The Balaban J connectivity index is -0.0000000750. The molecule has 64 valence electrons. The Kier molecular flexibility index (Phi) is 38.3. The van der Waals surface area contributed by atoms with E-state index in [1.807, 2.05) is 26.0 Å². The first-order chi connectivity index (χ1) is 4.56. The molecular weight excluding hydrogens is 128 g/mol. The van der Waals surface area contributed by atoms with Crippen LogP contribution in [0.3, 0.4) is 0 Å². The fourth-order valence-electron chi connectivity index (χ4n) is 0. The third-order valence-corrected chi connectivity index (χ3v) is 0. The first-order valence-corrected chi connectivity index (χ1v) is 2.92. The third-order valence-electron chi connectivity index (χ3n) is 0. The van der Waals surface area contributed by atoms with Crippen molar-refractivity contribution in [1.29, 1.82) is 0 Å². The fraction of sp³-hybridized carbons (Fsp3) is 0.857. The molecule has 0 heterocycles. The molecule has 0 atom stereocenters. The van der Waals surface area contributed by atoms with Crippen molar-refractivity contribution in [3.8, 4) is 0 Å². The summed E-state index contributed by atoms with van der Waals surface area (Å²) in [6, 6.07) is 0. The lowest BCUT2D eigenvalue weighted by molar-refractivity contribution is 0.277. The summed E-state index contributed by atoms with van der Waals surface area (Å²) >= 11 is 0. The first kappa shape index (κ1) is 16.3. The molecule has 0 unspecified atom stereocenters. The Morgan fingerprint density at radius 3 is 1.20 bits per heavy atom. The zero-order chi connectivity index (χ0) is 8.99. The Bertz CT molecular complexity index is 44.1. The smallest absolute Gasteiger partial charge is 0.0351 e. The van der Waals surface area contributed by atoms with Gasteiger partial charge in [0.05, 0.1) is 0 Å². The van der Waals surface area contributed by atoms with Crippen LogP contribution in [0.4, 0.5) is 0 Å². The predicted molar refractivity (Wildman–Crippen MR) is 48.0 cm³/mol. The molecule has 0 aliphatic heterocycles. The summed E-state index contributed by atoms with van der Waals surface area (Å²) in [6.45, 7) is 3.11. The molecule has 0 bridgehead atoms. The van der Waals surface area contributed by atoms with Gasteiger partial charge in [0.15, 0.2) is 0 Å². The van der Waals surface area contributed by atoms with Crippen LogP contribution in [0.2, 0.25) is 0 Å². The molecule has 0 aromatic carbocycles. The lowest BCUT2D eigenvalue weighted by Gasteiger charge is -1.90. The normalized spacial score (nSPS) is 6.70. The molecule has 0 saturated carbocycles.